The van der Waals surface area contributed by atoms with E-state index in [1.165, 1.54) is 6.08 Å². The predicted octanol–water partition coefficient (Wildman–Crippen LogP) is 3.13. The summed E-state index contributed by atoms with van der Waals surface area (Å²) >= 11 is 6.54. The van der Waals surface area contributed by atoms with Crippen LogP contribution in [0, 0.1) is 10.8 Å². The number of hydrogen-bond donors (Lipinski definition) is 3. The molecule has 0 unspecified atom stereocenters. The molecule has 1 heterocycles. The molecule has 332 valence electrons. The summed E-state index contributed by atoms with van der Waals surface area (Å²) in [6.07, 6.45) is 4.13. The summed E-state index contributed by atoms with van der Waals surface area (Å²) in [5.41, 5.74) is -2.86. The first-order valence-electron chi connectivity index (χ1n) is 17.5. The van der Waals surface area contributed by atoms with Gasteiger partial charge >= 0.3 is 42.0 Å². The number of carbonyl (C=O) groups is 7. The fourth-order valence-electron chi connectivity index (χ4n) is 3.81. The van der Waals surface area contributed by atoms with Crippen molar-refractivity contribution in [3.63, 3.8) is 0 Å². The number of nitrogens with one attached hydrogen (secondary N) is 2. The lowest BCUT2D eigenvalue weighted by molar-refractivity contribution is -0.159. The van der Waals surface area contributed by atoms with Gasteiger partial charge in [-0.3, -0.25) is 0 Å². The molecular formula is C38H47N5O15S3. The number of ether oxygens (including phenoxy) is 8. The maximum absolute atomic E-state index is 12.6. The first-order chi connectivity index (χ1) is 29.1. The molecule has 1 aromatic heterocycles. The van der Waals surface area contributed by atoms with E-state index in [-0.39, 0.29) is 65.6 Å². The summed E-state index contributed by atoms with van der Waals surface area (Å²) in [4.78, 5) is 97.0. The van der Waals surface area contributed by atoms with Crippen molar-refractivity contribution in [2.45, 2.75) is 15.5 Å². The zero-order valence-corrected chi connectivity index (χ0v) is 35.7. The number of rotatable bonds is 31. The number of alkyl carbamates (subject to hydrolysis) is 2. The maximum Gasteiger partial charge on any atom is 0.407 e. The molecule has 0 bridgehead atoms. The van der Waals surface area contributed by atoms with Crippen molar-refractivity contribution in [1.29, 1.82) is 0 Å². The van der Waals surface area contributed by atoms with Crippen molar-refractivity contribution in [3.8, 4) is 0 Å². The molecule has 0 aliphatic heterocycles. The van der Waals surface area contributed by atoms with Gasteiger partial charge in [-0.05, 0) is 6.08 Å². The second-order valence-electron chi connectivity index (χ2n) is 11.9. The third-order valence-corrected chi connectivity index (χ3v) is 8.93. The van der Waals surface area contributed by atoms with E-state index in [2.05, 4.69) is 84.3 Å². The summed E-state index contributed by atoms with van der Waals surface area (Å²) in [6, 6.07) is 0. The Kier molecular flexibility index (Phi) is 25.3. The highest BCUT2D eigenvalue weighted by atomic mass is 32.2. The van der Waals surface area contributed by atoms with Crippen molar-refractivity contribution in [1.82, 2.24) is 25.6 Å². The van der Waals surface area contributed by atoms with Gasteiger partial charge < -0.3 is 48.5 Å². The average molecular weight is 910 g/mol. The minimum Gasteiger partial charge on any atom is -0.493 e. The number of amides is 2. The predicted molar refractivity (Wildman–Crippen MR) is 223 cm³/mol. The highest BCUT2D eigenvalue weighted by molar-refractivity contribution is 7.99. The van der Waals surface area contributed by atoms with Crippen molar-refractivity contribution < 1.29 is 71.5 Å². The Morgan fingerprint density at radius 2 is 0.787 bits per heavy atom. The second-order valence-corrected chi connectivity index (χ2v) is 14.4. The molecule has 0 aromatic carbocycles. The van der Waals surface area contributed by atoms with Crippen LogP contribution in [0.3, 0.4) is 0 Å². The van der Waals surface area contributed by atoms with Crippen LogP contribution in [0.4, 0.5) is 9.59 Å². The normalized spacial score (nSPS) is 10.6. The monoisotopic (exact) mass is 909 g/mol. The Hall–Kier alpha value is -6.07. The zero-order valence-electron chi connectivity index (χ0n) is 33.1. The molecule has 23 heteroatoms. The summed E-state index contributed by atoms with van der Waals surface area (Å²) in [7, 11) is 0. The molecule has 2 amide bonds. The van der Waals surface area contributed by atoms with Crippen LogP contribution in [0.1, 0.15) is 0 Å². The van der Waals surface area contributed by atoms with Gasteiger partial charge in [0, 0.05) is 55.0 Å². The van der Waals surface area contributed by atoms with E-state index in [9.17, 15) is 33.6 Å². The van der Waals surface area contributed by atoms with E-state index < -0.39 is 85.9 Å². The topological polar surface area (TPSA) is 256 Å². The minimum atomic E-state index is -1.50. The van der Waals surface area contributed by atoms with E-state index in [1.54, 1.807) is 0 Å². The van der Waals surface area contributed by atoms with Gasteiger partial charge in [0.25, 0.3) is 0 Å². The largest absolute Gasteiger partial charge is 0.493 e. The highest BCUT2D eigenvalue weighted by Gasteiger charge is 2.38. The van der Waals surface area contributed by atoms with Gasteiger partial charge in [0.05, 0.1) is 0 Å². The van der Waals surface area contributed by atoms with Gasteiger partial charge in [0.15, 0.2) is 15.5 Å². The Morgan fingerprint density at radius 3 is 1.08 bits per heavy atom. The molecular weight excluding hydrogens is 863 g/mol. The number of hydrogen-bond acceptors (Lipinski definition) is 21. The van der Waals surface area contributed by atoms with E-state index in [1.807, 2.05) is 0 Å². The molecule has 1 aromatic rings. The summed E-state index contributed by atoms with van der Waals surface area (Å²) < 4.78 is 41.9. The first kappa shape index (κ1) is 52.9. The molecule has 0 saturated carbocycles. The number of nitrogens with zero attached hydrogens (tertiary/aromatic N) is 3. The van der Waals surface area contributed by atoms with Crippen molar-refractivity contribution in [2.24, 2.45) is 10.8 Å². The number of aromatic nitrogens is 3. The molecule has 0 fully saturated rings. The Balaban J connectivity index is 2.78. The third-order valence-electron chi connectivity index (χ3n) is 7.03. The molecule has 20 nitrogen and oxygen atoms in total. The molecule has 0 saturated heterocycles. The van der Waals surface area contributed by atoms with Gasteiger partial charge in [0.2, 0.25) is 0 Å². The van der Waals surface area contributed by atoms with Crippen molar-refractivity contribution in [3.05, 3.63) is 88.3 Å². The second kappa shape index (κ2) is 29.2. The van der Waals surface area contributed by atoms with Gasteiger partial charge in [-0.15, -0.1) is 12.6 Å². The highest BCUT2D eigenvalue weighted by Crippen LogP contribution is 2.24. The quantitative estimate of drug-likeness (QED) is 0.0141. The maximum atomic E-state index is 12.6. The Bertz CT molecular complexity index is 1550. The third kappa shape index (κ3) is 22.8. The first-order valence-corrected chi connectivity index (χ1v) is 19.9. The number of thiol groups is 1. The SMILES string of the molecule is C=CC(=C)OCC(COC(=O)C=C)(COC(=O)C=C)COC(=O)NCCSc1nc(S)nc(SCCNC(=O)OCC(COC(=O)C=C)(COC(=O)C=C)COC(=O)C=C)n1. The number of carbonyl (C=O) groups excluding carboxylic acids is 7. The molecule has 0 radical (unpaired) electrons. The molecule has 61 heavy (non-hydrogen) atoms. The molecule has 0 atom stereocenters. The van der Waals surface area contributed by atoms with Crippen LogP contribution in [0.25, 0.3) is 0 Å². The van der Waals surface area contributed by atoms with Gasteiger partial charge in [-0.25, -0.2) is 33.6 Å². The van der Waals surface area contributed by atoms with Crippen LogP contribution in [0.2, 0.25) is 0 Å². The number of allylic oxidation sites excluding steroid dienone is 1. The summed E-state index contributed by atoms with van der Waals surface area (Å²) in [5.74, 6) is -3.33. The van der Waals surface area contributed by atoms with Crippen LogP contribution in [0.5, 0.6) is 0 Å². The average Bonchev–Trinajstić information content (AvgIpc) is 3.27. The van der Waals surface area contributed by atoms with Crippen LogP contribution in [0.15, 0.2) is 104 Å². The lowest BCUT2D eigenvalue weighted by Gasteiger charge is -2.31. The van der Waals surface area contributed by atoms with E-state index in [4.69, 9.17) is 37.9 Å². The van der Waals surface area contributed by atoms with Crippen LogP contribution in [-0.4, -0.2) is 134 Å². The van der Waals surface area contributed by atoms with Crippen LogP contribution in [-0.2, 0) is 61.9 Å². The lowest BCUT2D eigenvalue weighted by Crippen LogP contribution is -2.44. The smallest absolute Gasteiger partial charge is 0.407 e. The van der Waals surface area contributed by atoms with E-state index in [0.717, 1.165) is 53.9 Å². The fourth-order valence-corrected chi connectivity index (χ4v) is 5.57. The fraction of sp³-hybridized carbons (Fsp3) is 0.368. The molecule has 0 spiro atoms. The summed E-state index contributed by atoms with van der Waals surface area (Å²) in [6.45, 7) is 20.6. The standard InChI is InChI=1S/C38H47N5O15S3/c1-8-26(7)51-18-37(19-52-27(44)9-2,20-53-28(45)10-3)24-57-35(49)39-14-16-60-33-41-32(59)42-34(43-33)61-17-15-40-36(50)58-25-38(21-54-29(46)11-4,22-55-30(47)12-5)23-56-31(48)13-6/h8-13H,1-7,14-25H2,(H,39,49)(H,40,50)(H,41,42,43,59). The molecule has 0 aliphatic rings. The minimum absolute atomic E-state index is 0.0603. The van der Waals surface area contributed by atoms with Crippen LogP contribution < -0.4 is 10.6 Å². The van der Waals surface area contributed by atoms with Gasteiger partial charge in [0.1, 0.15) is 69.4 Å². The van der Waals surface area contributed by atoms with Crippen molar-refractivity contribution in [2.75, 3.05) is 77.5 Å². The number of thioether (sulfide) groups is 2. The van der Waals surface area contributed by atoms with Gasteiger partial charge in [-0.2, -0.15) is 15.0 Å². The lowest BCUT2D eigenvalue weighted by atomic mass is 9.92. The Labute approximate surface area is 366 Å². The van der Waals surface area contributed by atoms with E-state index >= 15 is 0 Å². The summed E-state index contributed by atoms with van der Waals surface area (Å²) in [5, 5.41) is 5.75. The molecule has 2 N–H and O–H groups in total. The van der Waals surface area contributed by atoms with Crippen molar-refractivity contribution >= 4 is 78.2 Å². The van der Waals surface area contributed by atoms with E-state index in [0.29, 0.717) is 0 Å². The molecule has 1 rings (SSSR count). The van der Waals surface area contributed by atoms with Crippen LogP contribution >= 0.6 is 36.2 Å². The molecule has 0 aliphatic carbocycles. The Morgan fingerprint density at radius 1 is 0.492 bits per heavy atom. The van der Waals surface area contributed by atoms with Gasteiger partial charge in [-0.1, -0.05) is 69.6 Å². The number of esters is 5. The zero-order chi connectivity index (χ0) is 45.7.